The predicted molar refractivity (Wildman–Crippen MR) is 114 cm³/mol. The maximum absolute atomic E-state index is 11.7. The van der Waals surface area contributed by atoms with Gasteiger partial charge in [-0.1, -0.05) is 18.2 Å². The van der Waals surface area contributed by atoms with Gasteiger partial charge in [-0.25, -0.2) is 17.9 Å². The average molecular weight is 493 g/mol. The number of aromatic nitrogens is 2. The second-order valence-electron chi connectivity index (χ2n) is 7.29. The zero-order chi connectivity index (χ0) is 24.6. The van der Waals surface area contributed by atoms with Crippen LogP contribution in [0.2, 0.25) is 0 Å². The summed E-state index contributed by atoms with van der Waals surface area (Å²) in [4.78, 5) is 11.3. The van der Waals surface area contributed by atoms with Crippen LogP contribution < -0.4 is 9.46 Å². The Morgan fingerprint density at radius 1 is 1.30 bits per heavy atom. The Balaban J connectivity index is 0.000000479. The van der Waals surface area contributed by atoms with Gasteiger partial charge in [0.2, 0.25) is 10.0 Å². The van der Waals surface area contributed by atoms with Gasteiger partial charge in [0.05, 0.1) is 24.6 Å². The van der Waals surface area contributed by atoms with Crippen molar-refractivity contribution in [3.63, 3.8) is 0 Å². The molecule has 0 saturated carbocycles. The van der Waals surface area contributed by atoms with E-state index < -0.39 is 22.2 Å². The van der Waals surface area contributed by atoms with E-state index in [9.17, 15) is 21.6 Å². The number of carbonyl (C=O) groups is 1. The van der Waals surface area contributed by atoms with Crippen molar-refractivity contribution >= 4 is 16.0 Å². The van der Waals surface area contributed by atoms with Gasteiger partial charge in [-0.2, -0.15) is 18.3 Å². The lowest BCUT2D eigenvalue weighted by molar-refractivity contribution is -0.192. The molecule has 2 aromatic rings. The number of hydrogen-bond donors (Lipinski definition) is 2. The minimum Gasteiger partial charge on any atom is -0.496 e. The summed E-state index contributed by atoms with van der Waals surface area (Å²) in [5, 5.41) is 11.6. The topological polar surface area (TPSA) is 114 Å². The molecule has 1 aliphatic heterocycles. The number of ether oxygens (including phenoxy) is 1. The van der Waals surface area contributed by atoms with Crippen LogP contribution in [-0.2, 0) is 27.9 Å². The Kier molecular flexibility index (Phi) is 9.25. The lowest BCUT2D eigenvalue weighted by atomic mass is 10.1. The molecule has 1 unspecified atom stereocenters. The minimum absolute atomic E-state index is 0.102. The van der Waals surface area contributed by atoms with Gasteiger partial charge in [0.1, 0.15) is 5.75 Å². The summed E-state index contributed by atoms with van der Waals surface area (Å²) < 4.78 is 65.2. The number of hydrogen-bond acceptors (Lipinski definition) is 6. The molecule has 0 fully saturated rings. The molecule has 184 valence electrons. The van der Waals surface area contributed by atoms with E-state index in [2.05, 4.69) is 20.8 Å². The van der Waals surface area contributed by atoms with E-state index in [-0.39, 0.29) is 11.8 Å². The zero-order valence-corrected chi connectivity index (χ0v) is 19.1. The maximum atomic E-state index is 11.7. The molecule has 1 aromatic heterocycles. The number of sulfonamides is 1. The van der Waals surface area contributed by atoms with E-state index in [0.29, 0.717) is 13.0 Å². The fourth-order valence-electron chi connectivity index (χ4n) is 3.36. The van der Waals surface area contributed by atoms with Crippen molar-refractivity contribution in [2.75, 3.05) is 26.0 Å². The van der Waals surface area contributed by atoms with E-state index in [1.54, 1.807) is 14.0 Å². The molecule has 1 atom stereocenters. The number of alkyl halides is 3. The highest BCUT2D eigenvalue weighted by Crippen LogP contribution is 2.26. The Bertz CT molecular complexity index is 1030. The zero-order valence-electron chi connectivity index (χ0n) is 18.2. The predicted octanol–water partition coefficient (Wildman–Crippen LogP) is 2.41. The number of fused-ring (bicyclic) bond motifs is 1. The van der Waals surface area contributed by atoms with Gasteiger partial charge in [-0.3, -0.25) is 9.58 Å². The lowest BCUT2D eigenvalue weighted by Gasteiger charge is -2.34. The summed E-state index contributed by atoms with van der Waals surface area (Å²) in [6.45, 7) is 4.48. The van der Waals surface area contributed by atoms with Crippen LogP contribution in [0.1, 0.15) is 30.6 Å². The van der Waals surface area contributed by atoms with E-state index in [0.717, 1.165) is 36.6 Å². The Morgan fingerprint density at radius 2 is 1.97 bits per heavy atom. The smallest absolute Gasteiger partial charge is 0.490 e. The molecule has 0 spiro atoms. The van der Waals surface area contributed by atoms with Crippen LogP contribution >= 0.6 is 0 Å². The van der Waals surface area contributed by atoms with Crippen LogP contribution in [0, 0.1) is 0 Å². The molecule has 33 heavy (non-hydrogen) atoms. The minimum atomic E-state index is -5.08. The summed E-state index contributed by atoms with van der Waals surface area (Å²) >= 11 is 0. The molecular formula is C20H27F3N4O5S. The first-order valence-electron chi connectivity index (χ1n) is 10.1. The lowest BCUT2D eigenvalue weighted by Crippen LogP contribution is -2.39. The summed E-state index contributed by atoms with van der Waals surface area (Å²) in [5.41, 5.74) is 2.29. The number of carboxylic acid groups (broad SMARTS) is 1. The highest BCUT2D eigenvalue weighted by Gasteiger charge is 2.38. The molecule has 0 aliphatic carbocycles. The number of nitrogens with one attached hydrogen (secondary N) is 1. The van der Waals surface area contributed by atoms with Crippen molar-refractivity contribution < 1.29 is 36.2 Å². The van der Waals surface area contributed by atoms with Gasteiger partial charge in [-0.05, 0) is 25.5 Å². The largest absolute Gasteiger partial charge is 0.496 e. The van der Waals surface area contributed by atoms with Crippen molar-refractivity contribution in [2.45, 2.75) is 38.7 Å². The van der Waals surface area contributed by atoms with Crippen LogP contribution in [0.25, 0.3) is 0 Å². The molecule has 1 aliphatic rings. The summed E-state index contributed by atoms with van der Waals surface area (Å²) in [6.07, 6.45) is -2.57. The maximum Gasteiger partial charge on any atom is 0.490 e. The monoisotopic (exact) mass is 492 g/mol. The summed E-state index contributed by atoms with van der Waals surface area (Å²) in [6, 6.07) is 10.2. The average Bonchev–Trinajstić information content (AvgIpc) is 3.22. The van der Waals surface area contributed by atoms with Gasteiger partial charge in [0.25, 0.3) is 0 Å². The van der Waals surface area contributed by atoms with Crippen LogP contribution in [0.4, 0.5) is 13.2 Å². The van der Waals surface area contributed by atoms with Crippen molar-refractivity contribution in [1.29, 1.82) is 0 Å². The van der Waals surface area contributed by atoms with E-state index in [1.165, 1.54) is 0 Å². The first-order chi connectivity index (χ1) is 15.5. The Morgan fingerprint density at radius 3 is 2.58 bits per heavy atom. The summed E-state index contributed by atoms with van der Waals surface area (Å²) in [7, 11) is -1.48. The number of aliphatic carboxylic acids is 1. The van der Waals surface area contributed by atoms with Gasteiger partial charge in [0, 0.05) is 37.9 Å². The van der Waals surface area contributed by atoms with Crippen LogP contribution in [0.15, 0.2) is 36.5 Å². The third-order valence-corrected chi connectivity index (χ3v) is 6.37. The first kappa shape index (κ1) is 26.6. The Labute approximate surface area is 190 Å². The number of halogens is 3. The van der Waals surface area contributed by atoms with E-state index in [4.69, 9.17) is 14.6 Å². The third kappa shape index (κ3) is 8.02. The fraction of sp³-hybridized carbons (Fsp3) is 0.500. The summed E-state index contributed by atoms with van der Waals surface area (Å²) in [5.74, 6) is -1.77. The quantitative estimate of drug-likeness (QED) is 0.582. The van der Waals surface area contributed by atoms with E-state index in [1.807, 2.05) is 35.1 Å². The second-order valence-corrected chi connectivity index (χ2v) is 9.39. The molecule has 0 saturated heterocycles. The van der Waals surface area contributed by atoms with E-state index >= 15 is 0 Å². The molecule has 3 rings (SSSR count). The molecule has 0 bridgehead atoms. The van der Waals surface area contributed by atoms with Crippen LogP contribution in [0.3, 0.4) is 0 Å². The SMILES string of the molecule is CCS(=O)(=O)NCCC1CN(Cc2ccccc2OC)Cc2ccnn21.O=C(O)C(F)(F)F. The highest BCUT2D eigenvalue weighted by atomic mass is 32.2. The molecule has 2 heterocycles. The molecule has 0 amide bonds. The number of nitrogens with zero attached hydrogens (tertiary/aromatic N) is 3. The van der Waals surface area contributed by atoms with Crippen molar-refractivity contribution in [1.82, 2.24) is 19.4 Å². The normalized spacial score (nSPS) is 16.5. The Hall–Kier alpha value is -2.64. The van der Waals surface area contributed by atoms with Crippen LogP contribution in [-0.4, -0.2) is 66.3 Å². The number of methoxy groups -OCH3 is 1. The molecule has 2 N–H and O–H groups in total. The van der Waals surface area contributed by atoms with Crippen LogP contribution in [0.5, 0.6) is 5.75 Å². The fourth-order valence-corrected chi connectivity index (χ4v) is 3.99. The number of benzene rings is 1. The number of carboxylic acids is 1. The van der Waals surface area contributed by atoms with Gasteiger partial charge in [-0.15, -0.1) is 0 Å². The van der Waals surface area contributed by atoms with Gasteiger partial charge < -0.3 is 9.84 Å². The number of rotatable bonds is 8. The molecule has 13 heteroatoms. The third-order valence-electron chi connectivity index (χ3n) is 4.96. The highest BCUT2D eigenvalue weighted by molar-refractivity contribution is 7.89. The molecule has 9 nitrogen and oxygen atoms in total. The second kappa shape index (κ2) is 11.5. The molecular weight excluding hydrogens is 465 g/mol. The standard InChI is InChI=1S/C18H26N4O3S.C2HF3O2/c1-3-26(23,24)20-11-9-17-14-21(13-16-8-10-19-22(16)17)12-15-6-4-5-7-18(15)25-2;3-2(4,5)1(6)7/h4-8,10,17,20H,3,9,11-14H2,1-2H3;(H,6,7). The van der Waals surface area contributed by atoms with Gasteiger partial charge >= 0.3 is 12.1 Å². The first-order valence-corrected chi connectivity index (χ1v) is 11.8. The van der Waals surface area contributed by atoms with Crippen molar-refractivity contribution in [3.8, 4) is 5.75 Å². The van der Waals surface area contributed by atoms with Crippen molar-refractivity contribution in [3.05, 3.63) is 47.8 Å². The molecule has 0 radical (unpaired) electrons. The molecule has 1 aromatic carbocycles. The number of para-hydroxylation sites is 1. The van der Waals surface area contributed by atoms with Crippen molar-refractivity contribution in [2.24, 2.45) is 0 Å². The van der Waals surface area contributed by atoms with Gasteiger partial charge in [0.15, 0.2) is 0 Å².